The normalized spacial score (nSPS) is 11.7. The highest BCUT2D eigenvalue weighted by Crippen LogP contribution is 2.27. The first-order valence-electron chi connectivity index (χ1n) is 10.3. The van der Waals surface area contributed by atoms with Crippen LogP contribution in [0, 0.1) is 0 Å². The minimum Gasteiger partial charge on any atom is -0.478 e. The van der Waals surface area contributed by atoms with Crippen LogP contribution in [0.25, 0.3) is 10.6 Å². The molecule has 1 aromatic heterocycles. The second-order valence-electron chi connectivity index (χ2n) is 7.52. The molecule has 0 unspecified atom stereocenters. The number of hydrogen-bond acceptors (Lipinski definition) is 5. The van der Waals surface area contributed by atoms with Gasteiger partial charge < -0.3 is 9.84 Å². The maximum Gasteiger partial charge on any atom is 0.335 e. The summed E-state index contributed by atoms with van der Waals surface area (Å²) in [4.78, 5) is 16.7. The SMILES string of the molecule is CC(C)/N=c1\sc(-c2cccc(Oc3ccccc3)c2)nn1Cc1ccc(C(=O)O)cc1. The van der Waals surface area contributed by atoms with Crippen LogP contribution in [-0.2, 0) is 6.54 Å². The smallest absolute Gasteiger partial charge is 0.335 e. The van der Waals surface area contributed by atoms with Crippen molar-refractivity contribution in [2.75, 3.05) is 0 Å². The number of para-hydroxylation sites is 1. The first-order chi connectivity index (χ1) is 15.5. The zero-order valence-corrected chi connectivity index (χ0v) is 18.6. The van der Waals surface area contributed by atoms with Gasteiger partial charge in [-0.2, -0.15) is 5.10 Å². The van der Waals surface area contributed by atoms with E-state index in [9.17, 15) is 4.79 Å². The third kappa shape index (κ3) is 5.31. The highest BCUT2D eigenvalue weighted by Gasteiger charge is 2.11. The van der Waals surface area contributed by atoms with E-state index in [0.717, 1.165) is 32.4 Å². The van der Waals surface area contributed by atoms with Crippen LogP contribution in [0.5, 0.6) is 11.5 Å². The summed E-state index contributed by atoms with van der Waals surface area (Å²) >= 11 is 1.52. The average molecular weight is 446 g/mol. The number of carboxylic acids is 1. The summed E-state index contributed by atoms with van der Waals surface area (Å²) in [5.74, 6) is 0.578. The Morgan fingerprint density at radius 1 is 1.03 bits per heavy atom. The van der Waals surface area contributed by atoms with Crippen molar-refractivity contribution in [2.45, 2.75) is 26.4 Å². The van der Waals surface area contributed by atoms with Gasteiger partial charge in [-0.1, -0.05) is 53.8 Å². The van der Waals surface area contributed by atoms with Crippen LogP contribution >= 0.6 is 11.3 Å². The van der Waals surface area contributed by atoms with Crippen molar-refractivity contribution in [2.24, 2.45) is 4.99 Å². The lowest BCUT2D eigenvalue weighted by atomic mass is 10.1. The third-order valence-electron chi connectivity index (χ3n) is 4.58. The monoisotopic (exact) mass is 445 g/mol. The molecule has 0 saturated carbocycles. The molecule has 0 bridgehead atoms. The number of rotatable bonds is 7. The van der Waals surface area contributed by atoms with Crippen molar-refractivity contribution in [3.8, 4) is 22.1 Å². The van der Waals surface area contributed by atoms with E-state index in [1.54, 1.807) is 12.1 Å². The van der Waals surface area contributed by atoms with E-state index in [1.165, 1.54) is 11.3 Å². The molecule has 0 spiro atoms. The summed E-state index contributed by atoms with van der Waals surface area (Å²) in [6.07, 6.45) is 0. The molecule has 1 heterocycles. The molecule has 0 aliphatic rings. The summed E-state index contributed by atoms with van der Waals surface area (Å²) in [6.45, 7) is 4.56. The zero-order chi connectivity index (χ0) is 22.5. The second kappa shape index (κ2) is 9.62. The van der Waals surface area contributed by atoms with Gasteiger partial charge in [0.25, 0.3) is 0 Å². The second-order valence-corrected chi connectivity index (χ2v) is 8.47. The Hall–Kier alpha value is -3.71. The van der Waals surface area contributed by atoms with Gasteiger partial charge in [0, 0.05) is 11.6 Å². The van der Waals surface area contributed by atoms with Crippen LogP contribution in [0.3, 0.4) is 0 Å². The van der Waals surface area contributed by atoms with Crippen molar-refractivity contribution in [1.82, 2.24) is 9.78 Å². The van der Waals surface area contributed by atoms with Gasteiger partial charge in [0.15, 0.2) is 0 Å². The maximum absolute atomic E-state index is 11.1. The fraction of sp³-hybridized carbons (Fsp3) is 0.160. The largest absolute Gasteiger partial charge is 0.478 e. The summed E-state index contributed by atoms with van der Waals surface area (Å²) in [5.41, 5.74) is 2.17. The molecule has 0 atom stereocenters. The van der Waals surface area contributed by atoms with Crippen LogP contribution in [0.15, 0.2) is 83.9 Å². The molecule has 0 aliphatic heterocycles. The van der Waals surface area contributed by atoms with Crippen molar-refractivity contribution >= 4 is 17.3 Å². The molecular formula is C25H23N3O3S. The van der Waals surface area contributed by atoms with E-state index < -0.39 is 5.97 Å². The van der Waals surface area contributed by atoms with Gasteiger partial charge in [0.1, 0.15) is 16.5 Å². The van der Waals surface area contributed by atoms with Gasteiger partial charge in [0.2, 0.25) is 4.80 Å². The molecule has 0 radical (unpaired) electrons. The third-order valence-corrected chi connectivity index (χ3v) is 5.59. The molecular weight excluding hydrogens is 422 g/mol. The van der Waals surface area contributed by atoms with Crippen LogP contribution in [0.2, 0.25) is 0 Å². The number of carboxylic acid groups (broad SMARTS) is 1. The van der Waals surface area contributed by atoms with Gasteiger partial charge in [-0.3, -0.25) is 4.99 Å². The summed E-state index contributed by atoms with van der Waals surface area (Å²) < 4.78 is 7.83. The van der Waals surface area contributed by atoms with E-state index in [1.807, 2.05) is 85.3 Å². The number of nitrogens with zero attached hydrogens (tertiary/aromatic N) is 3. The number of hydrogen-bond donors (Lipinski definition) is 1. The van der Waals surface area contributed by atoms with E-state index in [0.29, 0.717) is 6.54 Å². The molecule has 162 valence electrons. The van der Waals surface area contributed by atoms with Gasteiger partial charge in [-0.25, -0.2) is 9.48 Å². The van der Waals surface area contributed by atoms with Crippen molar-refractivity contribution in [1.29, 1.82) is 0 Å². The standard InChI is InChI=1S/C25H23N3O3S/c1-17(2)26-25-28(16-18-11-13-19(14-12-18)24(29)30)27-23(32-25)20-7-6-10-22(15-20)31-21-8-4-3-5-9-21/h3-15,17H,16H2,1-2H3,(H,29,30)/b26-25-. The molecule has 7 heteroatoms. The fourth-order valence-corrected chi connectivity index (χ4v) is 4.12. The number of carbonyl (C=O) groups is 1. The van der Waals surface area contributed by atoms with Crippen molar-refractivity contribution < 1.29 is 14.6 Å². The predicted octanol–water partition coefficient (Wildman–Crippen LogP) is 5.46. The predicted molar refractivity (Wildman–Crippen MR) is 125 cm³/mol. The lowest BCUT2D eigenvalue weighted by molar-refractivity contribution is 0.0697. The van der Waals surface area contributed by atoms with Crippen LogP contribution < -0.4 is 9.54 Å². The fourth-order valence-electron chi connectivity index (χ4n) is 3.09. The molecule has 0 aliphatic carbocycles. The first kappa shape index (κ1) is 21.5. The number of aromatic nitrogens is 2. The quantitative estimate of drug-likeness (QED) is 0.410. The molecule has 4 aromatic rings. The molecule has 0 fully saturated rings. The molecule has 3 aromatic carbocycles. The van der Waals surface area contributed by atoms with Crippen LogP contribution in [0.1, 0.15) is 29.8 Å². The zero-order valence-electron chi connectivity index (χ0n) is 17.8. The lowest BCUT2D eigenvalue weighted by Gasteiger charge is -2.06. The van der Waals surface area contributed by atoms with Crippen LogP contribution in [0.4, 0.5) is 0 Å². The number of ether oxygens (including phenoxy) is 1. The summed E-state index contributed by atoms with van der Waals surface area (Å²) in [6, 6.07) is 24.4. The Balaban J connectivity index is 1.65. The van der Waals surface area contributed by atoms with Crippen molar-refractivity contribution in [3.05, 3.63) is 94.8 Å². The topological polar surface area (TPSA) is 76.7 Å². The Bertz CT molecular complexity index is 1280. The maximum atomic E-state index is 11.1. The molecule has 32 heavy (non-hydrogen) atoms. The van der Waals surface area contributed by atoms with Gasteiger partial charge in [0.05, 0.1) is 12.1 Å². The van der Waals surface area contributed by atoms with Gasteiger partial charge in [-0.15, -0.1) is 0 Å². The van der Waals surface area contributed by atoms with E-state index >= 15 is 0 Å². The Morgan fingerprint density at radius 2 is 1.75 bits per heavy atom. The lowest BCUT2D eigenvalue weighted by Crippen LogP contribution is -2.19. The van der Waals surface area contributed by atoms with E-state index in [2.05, 4.69) is 0 Å². The van der Waals surface area contributed by atoms with E-state index in [-0.39, 0.29) is 11.6 Å². The molecule has 1 N–H and O–H groups in total. The number of benzene rings is 3. The minimum atomic E-state index is -0.937. The Labute approximate surface area is 190 Å². The summed E-state index contributed by atoms with van der Waals surface area (Å²) in [7, 11) is 0. The molecule has 0 amide bonds. The summed E-state index contributed by atoms with van der Waals surface area (Å²) in [5, 5.41) is 14.8. The van der Waals surface area contributed by atoms with E-state index in [4.69, 9.17) is 19.9 Å². The molecule has 6 nitrogen and oxygen atoms in total. The first-order valence-corrected chi connectivity index (χ1v) is 11.1. The van der Waals surface area contributed by atoms with Crippen molar-refractivity contribution in [3.63, 3.8) is 0 Å². The minimum absolute atomic E-state index is 0.122. The molecule has 4 rings (SSSR count). The highest BCUT2D eigenvalue weighted by atomic mass is 32.1. The van der Waals surface area contributed by atoms with Gasteiger partial charge >= 0.3 is 5.97 Å². The van der Waals surface area contributed by atoms with Crippen LogP contribution in [-0.4, -0.2) is 26.9 Å². The molecule has 0 saturated heterocycles. The highest BCUT2D eigenvalue weighted by molar-refractivity contribution is 7.12. The van der Waals surface area contributed by atoms with Gasteiger partial charge in [-0.05, 0) is 55.8 Å². The Morgan fingerprint density at radius 3 is 2.44 bits per heavy atom. The average Bonchev–Trinajstić information content (AvgIpc) is 3.16. The number of aromatic carboxylic acids is 1. The Kier molecular flexibility index (Phi) is 6.47.